The lowest BCUT2D eigenvalue weighted by Gasteiger charge is -2.31. The molecule has 0 aromatic carbocycles. The molecule has 0 spiro atoms. The van der Waals surface area contributed by atoms with Gasteiger partial charge in [0.1, 0.15) is 0 Å². The van der Waals surface area contributed by atoms with Gasteiger partial charge in [0.15, 0.2) is 0 Å². The Hall–Kier alpha value is 0.270. The van der Waals surface area contributed by atoms with Gasteiger partial charge in [-0.05, 0) is 33.0 Å². The zero-order valence-electron chi connectivity index (χ0n) is 11.2. The van der Waals surface area contributed by atoms with E-state index >= 15 is 0 Å². The Balaban J connectivity index is 2.19. The molecule has 1 aliphatic rings. The molecule has 0 heterocycles. The smallest absolute Gasteiger partial charge is 0.0201 e. The second-order valence-electron chi connectivity index (χ2n) is 4.62. The van der Waals surface area contributed by atoms with Crippen molar-refractivity contribution in [2.45, 2.75) is 50.8 Å². The van der Waals surface area contributed by atoms with Crippen molar-refractivity contribution >= 4 is 11.8 Å². The first kappa shape index (κ1) is 14.3. The van der Waals surface area contributed by atoms with Crippen molar-refractivity contribution in [1.29, 1.82) is 0 Å². The summed E-state index contributed by atoms with van der Waals surface area (Å²) in [6.45, 7) is 8.15. The lowest BCUT2D eigenvalue weighted by atomic mass is 9.95. The van der Waals surface area contributed by atoms with E-state index in [1.54, 1.807) is 0 Å². The molecule has 1 fully saturated rings. The molecule has 0 amide bonds. The van der Waals surface area contributed by atoms with Gasteiger partial charge < -0.3 is 10.2 Å². The van der Waals surface area contributed by atoms with Gasteiger partial charge in [-0.2, -0.15) is 11.8 Å². The monoisotopic (exact) mass is 244 g/mol. The van der Waals surface area contributed by atoms with E-state index in [1.807, 2.05) is 0 Å². The molecule has 0 aromatic rings. The van der Waals surface area contributed by atoms with Gasteiger partial charge in [0.2, 0.25) is 0 Å². The van der Waals surface area contributed by atoms with Crippen LogP contribution in [0.2, 0.25) is 0 Å². The van der Waals surface area contributed by atoms with Crippen molar-refractivity contribution in [3.63, 3.8) is 0 Å². The number of thioether (sulfide) groups is 1. The Bertz CT molecular complexity index is 171. The first-order valence-electron chi connectivity index (χ1n) is 6.83. The van der Waals surface area contributed by atoms with Crippen LogP contribution in [-0.4, -0.2) is 48.6 Å². The molecule has 1 N–H and O–H groups in total. The van der Waals surface area contributed by atoms with Gasteiger partial charge in [-0.3, -0.25) is 0 Å². The fourth-order valence-electron chi connectivity index (χ4n) is 2.50. The van der Waals surface area contributed by atoms with Crippen LogP contribution in [0.4, 0.5) is 0 Å². The van der Waals surface area contributed by atoms with Gasteiger partial charge in [0.25, 0.3) is 0 Å². The maximum atomic E-state index is 3.49. The highest BCUT2D eigenvalue weighted by molar-refractivity contribution is 8.00. The molecule has 2 nitrogen and oxygen atoms in total. The Kier molecular flexibility index (Phi) is 7.50. The van der Waals surface area contributed by atoms with Crippen LogP contribution in [0.1, 0.15) is 39.5 Å². The number of hydrogen-bond donors (Lipinski definition) is 1. The summed E-state index contributed by atoms with van der Waals surface area (Å²) in [6.07, 6.45) is 5.63. The van der Waals surface area contributed by atoms with Crippen LogP contribution in [-0.2, 0) is 0 Å². The average Bonchev–Trinajstić information content (AvgIpc) is 2.35. The summed E-state index contributed by atoms with van der Waals surface area (Å²) < 4.78 is 0. The number of rotatable bonds is 7. The van der Waals surface area contributed by atoms with Crippen molar-refractivity contribution in [1.82, 2.24) is 10.2 Å². The van der Waals surface area contributed by atoms with Gasteiger partial charge in [0, 0.05) is 23.6 Å². The second kappa shape index (κ2) is 8.37. The van der Waals surface area contributed by atoms with Crippen molar-refractivity contribution in [2.24, 2.45) is 0 Å². The predicted molar refractivity (Wildman–Crippen MR) is 75.3 cm³/mol. The van der Waals surface area contributed by atoms with Crippen molar-refractivity contribution < 1.29 is 0 Å². The zero-order chi connectivity index (χ0) is 11.8. The lowest BCUT2D eigenvalue weighted by Crippen LogP contribution is -2.39. The SMILES string of the molecule is CCN(CC)CCSC1CCCCC1NC. The molecule has 2 unspecified atom stereocenters. The number of nitrogens with one attached hydrogen (secondary N) is 1. The first-order chi connectivity index (χ1) is 7.81. The van der Waals surface area contributed by atoms with E-state index < -0.39 is 0 Å². The molecule has 0 saturated heterocycles. The van der Waals surface area contributed by atoms with Crippen LogP contribution in [0, 0.1) is 0 Å². The molecule has 1 aliphatic carbocycles. The second-order valence-corrected chi connectivity index (χ2v) is 5.96. The molecule has 0 aliphatic heterocycles. The highest BCUT2D eigenvalue weighted by Crippen LogP contribution is 2.28. The number of nitrogens with zero attached hydrogens (tertiary/aromatic N) is 1. The van der Waals surface area contributed by atoms with Gasteiger partial charge >= 0.3 is 0 Å². The summed E-state index contributed by atoms with van der Waals surface area (Å²) in [6, 6.07) is 0.760. The van der Waals surface area contributed by atoms with E-state index in [0.717, 1.165) is 11.3 Å². The van der Waals surface area contributed by atoms with Crippen molar-refractivity contribution in [3.05, 3.63) is 0 Å². The molecular formula is C13H28N2S. The molecule has 0 aromatic heterocycles. The topological polar surface area (TPSA) is 15.3 Å². The minimum atomic E-state index is 0.760. The molecular weight excluding hydrogens is 216 g/mol. The lowest BCUT2D eigenvalue weighted by molar-refractivity contribution is 0.323. The summed E-state index contributed by atoms with van der Waals surface area (Å²) in [4.78, 5) is 2.52. The molecule has 96 valence electrons. The first-order valence-corrected chi connectivity index (χ1v) is 7.87. The van der Waals surface area contributed by atoms with Crippen LogP contribution in [0.25, 0.3) is 0 Å². The van der Waals surface area contributed by atoms with E-state index in [4.69, 9.17) is 0 Å². The Morgan fingerprint density at radius 1 is 1.19 bits per heavy atom. The fraction of sp³-hybridized carbons (Fsp3) is 1.00. The summed E-state index contributed by atoms with van der Waals surface area (Å²) in [5.41, 5.74) is 0. The minimum Gasteiger partial charge on any atom is -0.316 e. The third-order valence-electron chi connectivity index (χ3n) is 3.71. The normalized spacial score (nSPS) is 26.2. The zero-order valence-corrected chi connectivity index (χ0v) is 12.0. The average molecular weight is 244 g/mol. The van der Waals surface area contributed by atoms with Gasteiger partial charge in [0.05, 0.1) is 0 Å². The van der Waals surface area contributed by atoms with Gasteiger partial charge in [-0.15, -0.1) is 0 Å². The molecule has 16 heavy (non-hydrogen) atoms. The predicted octanol–water partition coefficient (Wildman–Crippen LogP) is 2.59. The summed E-state index contributed by atoms with van der Waals surface area (Å²) in [5, 5.41) is 4.34. The summed E-state index contributed by atoms with van der Waals surface area (Å²) in [7, 11) is 2.12. The van der Waals surface area contributed by atoms with Crippen LogP contribution < -0.4 is 5.32 Å². The van der Waals surface area contributed by atoms with E-state index in [2.05, 4.69) is 42.9 Å². The number of hydrogen-bond acceptors (Lipinski definition) is 3. The van der Waals surface area contributed by atoms with E-state index in [0.29, 0.717) is 0 Å². The fourth-order valence-corrected chi connectivity index (χ4v) is 4.00. The molecule has 1 rings (SSSR count). The van der Waals surface area contributed by atoms with Gasteiger partial charge in [-0.25, -0.2) is 0 Å². The van der Waals surface area contributed by atoms with E-state index in [9.17, 15) is 0 Å². The summed E-state index contributed by atoms with van der Waals surface area (Å²) >= 11 is 2.18. The molecule has 2 atom stereocenters. The molecule has 1 saturated carbocycles. The third-order valence-corrected chi connectivity index (χ3v) is 5.12. The Morgan fingerprint density at radius 2 is 1.88 bits per heavy atom. The van der Waals surface area contributed by atoms with Gasteiger partial charge in [-0.1, -0.05) is 26.7 Å². The van der Waals surface area contributed by atoms with Crippen molar-refractivity contribution in [3.8, 4) is 0 Å². The maximum Gasteiger partial charge on any atom is 0.0201 e. The molecule has 3 heteroatoms. The minimum absolute atomic E-state index is 0.760. The quantitative estimate of drug-likeness (QED) is 0.741. The molecule has 0 bridgehead atoms. The van der Waals surface area contributed by atoms with E-state index in [1.165, 1.54) is 51.1 Å². The van der Waals surface area contributed by atoms with Crippen molar-refractivity contribution in [2.75, 3.05) is 32.4 Å². The Labute approximate surface area is 106 Å². The van der Waals surface area contributed by atoms with Crippen LogP contribution in [0.3, 0.4) is 0 Å². The van der Waals surface area contributed by atoms with Crippen LogP contribution >= 0.6 is 11.8 Å². The highest BCUT2D eigenvalue weighted by atomic mass is 32.2. The summed E-state index contributed by atoms with van der Waals surface area (Å²) in [5.74, 6) is 1.30. The maximum absolute atomic E-state index is 3.49. The third kappa shape index (κ3) is 4.64. The van der Waals surface area contributed by atoms with Crippen LogP contribution in [0.15, 0.2) is 0 Å². The molecule has 0 radical (unpaired) electrons. The highest BCUT2D eigenvalue weighted by Gasteiger charge is 2.23. The standard InChI is InChI=1S/C13H28N2S/c1-4-15(5-2)10-11-16-13-9-7-6-8-12(13)14-3/h12-14H,4-11H2,1-3H3. The van der Waals surface area contributed by atoms with Crippen LogP contribution in [0.5, 0.6) is 0 Å². The Morgan fingerprint density at radius 3 is 2.50 bits per heavy atom. The van der Waals surface area contributed by atoms with E-state index in [-0.39, 0.29) is 0 Å². The largest absolute Gasteiger partial charge is 0.316 e.